The summed E-state index contributed by atoms with van der Waals surface area (Å²) >= 11 is 0. The van der Waals surface area contributed by atoms with Gasteiger partial charge in [-0.05, 0) is 89.7 Å². The van der Waals surface area contributed by atoms with Crippen LogP contribution in [0.3, 0.4) is 0 Å². The predicted octanol–water partition coefficient (Wildman–Crippen LogP) is 5.23. The maximum atomic E-state index is 13.4. The Morgan fingerprint density at radius 3 is 2.49 bits per heavy atom. The molecule has 0 unspecified atom stereocenters. The second-order valence-electron chi connectivity index (χ2n) is 14.5. The molecule has 13 heteroatoms. The fraction of sp³-hybridized carbons (Fsp3) is 0.694. The second-order valence-corrected chi connectivity index (χ2v) is 14.5. The van der Waals surface area contributed by atoms with Crippen LogP contribution in [-0.2, 0) is 25.6 Å². The number of anilines is 1. The molecule has 12 nitrogen and oxygen atoms in total. The number of carbonyl (C=O) groups excluding carboxylic acids is 2. The van der Waals surface area contributed by atoms with E-state index in [1.54, 1.807) is 14.0 Å². The number of unbranched alkanes of at least 4 members (excludes halogenated alkanes) is 1. The molecule has 1 aromatic heterocycles. The second kappa shape index (κ2) is 17.0. The van der Waals surface area contributed by atoms with Gasteiger partial charge in [0.05, 0.1) is 25.7 Å². The highest BCUT2D eigenvalue weighted by Crippen LogP contribution is 2.40. The van der Waals surface area contributed by atoms with E-state index in [2.05, 4.69) is 43.3 Å². The van der Waals surface area contributed by atoms with Crippen molar-refractivity contribution in [3.05, 3.63) is 30.5 Å². The number of nitrogens with two attached hydrogens (primary N) is 1. The Balaban J connectivity index is 1.64. The Kier molecular flexibility index (Phi) is 13.9. The number of carboxylic acid groups (broad SMARTS) is 1. The number of aryl methyl sites for hydroxylation is 1. The van der Waals surface area contributed by atoms with Gasteiger partial charge in [0.2, 0.25) is 0 Å². The van der Waals surface area contributed by atoms with Gasteiger partial charge in [-0.1, -0.05) is 45.0 Å². The van der Waals surface area contributed by atoms with Crippen molar-refractivity contribution in [2.75, 3.05) is 25.9 Å². The molecule has 2 heterocycles. The molecular weight excluding hydrogens is 623 g/mol. The number of ketones is 1. The summed E-state index contributed by atoms with van der Waals surface area (Å²) < 4.78 is 13.8. The average Bonchev–Trinajstić information content (AvgIpc) is 3.65. The number of aliphatic carboxylic acids is 1. The maximum Gasteiger partial charge on any atom is 0.410 e. The maximum absolute atomic E-state index is 13.4. The number of benzene rings is 1. The van der Waals surface area contributed by atoms with Crippen molar-refractivity contribution in [2.45, 2.75) is 117 Å². The first-order valence-corrected chi connectivity index (χ1v) is 17.5. The molecule has 9 atom stereocenters. The van der Waals surface area contributed by atoms with Crippen LogP contribution in [-0.4, -0.2) is 94.2 Å². The molecule has 2 aromatic rings. The zero-order valence-electron chi connectivity index (χ0n) is 30.8. The molecule has 0 spiro atoms. The molecule has 1 fully saturated rings. The lowest BCUT2D eigenvalue weighted by molar-refractivity contribution is -0.147. The molecule has 3 rings (SSSR count). The molecule has 270 valence electrons. The van der Waals surface area contributed by atoms with E-state index >= 15 is 0 Å². The molecule has 0 bridgehead atoms. The molecule has 1 saturated heterocycles. The number of hydrogen-bond acceptors (Lipinski definition) is 9. The third-order valence-corrected chi connectivity index (χ3v) is 10.8. The highest BCUT2D eigenvalue weighted by Gasteiger charge is 2.55. The molecule has 4 N–H and O–H groups in total. The number of amides is 1. The molecule has 0 saturated carbocycles. The van der Waals surface area contributed by atoms with Gasteiger partial charge in [0.15, 0.2) is 0 Å². The number of aromatic nitrogens is 3. The van der Waals surface area contributed by atoms with Crippen LogP contribution in [0.15, 0.2) is 30.5 Å². The van der Waals surface area contributed by atoms with E-state index in [0.29, 0.717) is 31.7 Å². The Morgan fingerprint density at radius 1 is 1.20 bits per heavy atom. The molecule has 49 heavy (non-hydrogen) atoms. The van der Waals surface area contributed by atoms with Crippen molar-refractivity contribution in [3.63, 3.8) is 0 Å². The topological polar surface area (TPSA) is 162 Å². The molecule has 1 aromatic carbocycles. The summed E-state index contributed by atoms with van der Waals surface area (Å²) in [4.78, 5) is 39.4. The quantitative estimate of drug-likeness (QED) is 0.0731. The third-order valence-electron chi connectivity index (χ3n) is 10.8. The highest BCUT2D eigenvalue weighted by atomic mass is 16.6. The van der Waals surface area contributed by atoms with Crippen LogP contribution in [0, 0.1) is 23.7 Å². The summed E-state index contributed by atoms with van der Waals surface area (Å²) in [6.07, 6.45) is 4.58. The Hall–Kier alpha value is -3.45. The van der Waals surface area contributed by atoms with Gasteiger partial charge in [0.1, 0.15) is 23.0 Å². The van der Waals surface area contributed by atoms with E-state index in [9.17, 15) is 19.5 Å². The number of carboxylic acids is 1. The van der Waals surface area contributed by atoms with Crippen molar-refractivity contribution in [1.82, 2.24) is 25.2 Å². The minimum Gasteiger partial charge on any atom is -0.481 e. The summed E-state index contributed by atoms with van der Waals surface area (Å²) in [5.41, 5.74) is 6.73. The lowest BCUT2D eigenvalue weighted by atomic mass is 9.62. The van der Waals surface area contributed by atoms with Crippen LogP contribution in [0.25, 0.3) is 11.3 Å². The summed E-state index contributed by atoms with van der Waals surface area (Å²) in [5, 5.41) is 21.6. The lowest BCUT2D eigenvalue weighted by Crippen LogP contribution is -2.58. The smallest absolute Gasteiger partial charge is 0.410 e. The third kappa shape index (κ3) is 9.42. The normalized spacial score (nSPS) is 22.8. The SMILES string of the molecule is [B][C@H]([C@H](C)C(=O)[C@@H](C)C(=O)O)[C@@](C)(C[C@@H](C)CN[C@H](C)[C@H]1N(CCCCn2cc(-c3cccc(N)c3)nn2)C(=O)O[C@]1(C)[C@H](C)CC)OC. The monoisotopic (exact) mass is 680 g/mol. The Morgan fingerprint density at radius 2 is 1.88 bits per heavy atom. The molecule has 1 aliphatic rings. The summed E-state index contributed by atoms with van der Waals surface area (Å²) in [6.45, 7) is 17.2. The van der Waals surface area contributed by atoms with E-state index in [1.165, 1.54) is 6.92 Å². The Labute approximate surface area is 293 Å². The van der Waals surface area contributed by atoms with E-state index in [1.807, 2.05) is 53.9 Å². The first-order valence-electron chi connectivity index (χ1n) is 17.5. The first-order chi connectivity index (χ1) is 23.0. The van der Waals surface area contributed by atoms with Crippen LogP contribution in [0.4, 0.5) is 10.5 Å². The van der Waals surface area contributed by atoms with Crippen molar-refractivity contribution >= 4 is 31.4 Å². The number of hydrogen-bond donors (Lipinski definition) is 3. The van der Waals surface area contributed by atoms with Gasteiger partial charge < -0.3 is 25.6 Å². The van der Waals surface area contributed by atoms with Gasteiger partial charge in [-0.15, -0.1) is 5.10 Å². The van der Waals surface area contributed by atoms with E-state index in [-0.39, 0.29) is 30.0 Å². The standard InChI is InChI=1S/C36H57BN6O6/c1-10-23(3)36(8)32(26(6)39-20-22(2)19-35(7,48-9)31(37)24(4)30(44)25(5)33(45)46)43(34(47)49-36)17-12-11-16-42-21-29(40-41-42)27-14-13-15-28(38)18-27/h13-15,18,21-26,31-32,39H,10-12,16-17,19-20,38H2,1-9H3,(H,45,46)/t22-,23-,24-,25-,26-,31-,32-,35-,36-/m1/s1. The van der Waals surface area contributed by atoms with Gasteiger partial charge in [-0.3, -0.25) is 19.2 Å². The van der Waals surface area contributed by atoms with Crippen molar-refractivity contribution in [2.24, 2.45) is 23.7 Å². The van der Waals surface area contributed by atoms with Gasteiger partial charge in [-0.25, -0.2) is 4.79 Å². The van der Waals surface area contributed by atoms with Crippen LogP contribution in [0.2, 0.25) is 5.82 Å². The predicted molar refractivity (Wildman–Crippen MR) is 191 cm³/mol. The van der Waals surface area contributed by atoms with Gasteiger partial charge in [0.25, 0.3) is 0 Å². The van der Waals surface area contributed by atoms with E-state index in [4.69, 9.17) is 23.1 Å². The number of nitrogens with one attached hydrogen (secondary N) is 1. The molecular formula is C36H57BN6O6. The molecule has 1 aliphatic heterocycles. The number of nitrogen functional groups attached to an aromatic ring is 1. The fourth-order valence-electron chi connectivity index (χ4n) is 7.16. The average molecular weight is 681 g/mol. The highest BCUT2D eigenvalue weighted by molar-refractivity contribution is 6.15. The minimum atomic E-state index is -1.17. The van der Waals surface area contributed by atoms with Gasteiger partial charge >= 0.3 is 12.1 Å². The van der Waals surface area contributed by atoms with Gasteiger partial charge in [-0.2, -0.15) is 0 Å². The van der Waals surface area contributed by atoms with Crippen molar-refractivity contribution in [1.29, 1.82) is 0 Å². The van der Waals surface area contributed by atoms with E-state index < -0.39 is 40.6 Å². The number of carbonyl (C=O) groups is 3. The fourth-order valence-corrected chi connectivity index (χ4v) is 7.16. The zero-order valence-corrected chi connectivity index (χ0v) is 30.8. The van der Waals surface area contributed by atoms with Gasteiger partial charge in [0, 0.05) is 43.4 Å². The van der Waals surface area contributed by atoms with Crippen LogP contribution < -0.4 is 11.1 Å². The number of cyclic esters (lactones) is 1. The largest absolute Gasteiger partial charge is 0.481 e. The van der Waals surface area contributed by atoms with Crippen LogP contribution >= 0.6 is 0 Å². The number of nitrogens with zero attached hydrogens (tertiary/aromatic N) is 4. The number of ether oxygens (including phenoxy) is 2. The molecule has 2 radical (unpaired) electrons. The van der Waals surface area contributed by atoms with Crippen molar-refractivity contribution < 1.29 is 29.0 Å². The summed E-state index contributed by atoms with van der Waals surface area (Å²) in [7, 11) is 8.13. The first kappa shape index (κ1) is 40.0. The van der Waals surface area contributed by atoms with E-state index in [0.717, 1.165) is 30.5 Å². The minimum absolute atomic E-state index is 0.0823. The zero-order chi connectivity index (χ0) is 36.7. The molecule has 1 amide bonds. The molecule has 0 aliphatic carbocycles. The number of rotatable bonds is 20. The van der Waals surface area contributed by atoms with Crippen molar-refractivity contribution in [3.8, 4) is 11.3 Å². The summed E-state index contributed by atoms with van der Waals surface area (Å²) in [5.74, 6) is -3.90. The summed E-state index contributed by atoms with van der Waals surface area (Å²) in [6, 6.07) is 7.26. The van der Waals surface area contributed by atoms with Crippen LogP contribution in [0.1, 0.15) is 81.1 Å². The number of methoxy groups -OCH3 is 1. The van der Waals surface area contributed by atoms with Crippen LogP contribution in [0.5, 0.6) is 0 Å². The number of Topliss-reactive ketones (excluding diaryl/α,β-unsaturated/α-hetero) is 1. The Bertz CT molecular complexity index is 1420. The lowest BCUT2D eigenvalue weighted by Gasteiger charge is -2.41.